The second-order valence-corrected chi connectivity index (χ2v) is 6.71. The number of anilines is 1. The normalized spacial score (nSPS) is 12.4. The summed E-state index contributed by atoms with van der Waals surface area (Å²) < 4.78 is 5.58. The summed E-state index contributed by atoms with van der Waals surface area (Å²) >= 11 is 0. The van der Waals surface area contributed by atoms with Gasteiger partial charge in [-0.2, -0.15) is 0 Å². The molecule has 0 heterocycles. The van der Waals surface area contributed by atoms with E-state index in [2.05, 4.69) is 15.6 Å². The number of aliphatic hydroxyl groups is 1. The number of hydrogen-bond acceptors (Lipinski definition) is 5. The van der Waals surface area contributed by atoms with Crippen LogP contribution in [0.5, 0.6) is 0 Å². The SMILES string of the molecule is CN=CN(/C=C/NC(C)=O)c1ccccc1CNCC(O)COCc1ccccc1. The zero-order valence-electron chi connectivity index (χ0n) is 17.5. The monoisotopic (exact) mass is 410 g/mol. The molecule has 0 aromatic heterocycles. The number of para-hydroxylation sites is 1. The lowest BCUT2D eigenvalue weighted by atomic mass is 10.1. The van der Waals surface area contributed by atoms with Crippen LogP contribution >= 0.6 is 0 Å². The van der Waals surface area contributed by atoms with Crippen molar-refractivity contribution in [1.82, 2.24) is 10.6 Å². The highest BCUT2D eigenvalue weighted by Crippen LogP contribution is 2.19. The highest BCUT2D eigenvalue weighted by atomic mass is 16.5. The fourth-order valence-corrected chi connectivity index (χ4v) is 2.77. The van der Waals surface area contributed by atoms with Gasteiger partial charge in [0, 0.05) is 39.5 Å². The Morgan fingerprint density at radius 2 is 1.93 bits per heavy atom. The number of ether oxygens (including phenoxy) is 1. The van der Waals surface area contributed by atoms with Gasteiger partial charge in [0.2, 0.25) is 5.91 Å². The predicted molar refractivity (Wildman–Crippen MR) is 120 cm³/mol. The van der Waals surface area contributed by atoms with Crippen molar-refractivity contribution in [2.24, 2.45) is 4.99 Å². The van der Waals surface area contributed by atoms with Crippen LogP contribution in [0.25, 0.3) is 0 Å². The lowest BCUT2D eigenvalue weighted by molar-refractivity contribution is -0.118. The summed E-state index contributed by atoms with van der Waals surface area (Å²) in [6, 6.07) is 17.7. The Morgan fingerprint density at radius 3 is 2.67 bits per heavy atom. The second kappa shape index (κ2) is 13.3. The van der Waals surface area contributed by atoms with Crippen LogP contribution < -0.4 is 15.5 Å². The molecule has 1 unspecified atom stereocenters. The van der Waals surface area contributed by atoms with Gasteiger partial charge >= 0.3 is 0 Å². The molecule has 0 bridgehead atoms. The zero-order valence-corrected chi connectivity index (χ0v) is 17.5. The van der Waals surface area contributed by atoms with Crippen LogP contribution in [-0.4, -0.2) is 43.7 Å². The van der Waals surface area contributed by atoms with E-state index in [9.17, 15) is 9.90 Å². The van der Waals surface area contributed by atoms with Crippen LogP contribution in [-0.2, 0) is 22.7 Å². The number of hydrogen-bond donors (Lipinski definition) is 3. The molecule has 7 heteroatoms. The number of nitrogens with zero attached hydrogens (tertiary/aromatic N) is 2. The summed E-state index contributed by atoms with van der Waals surface area (Å²) in [4.78, 5) is 17.0. The first-order valence-corrected chi connectivity index (χ1v) is 9.83. The molecule has 0 radical (unpaired) electrons. The molecule has 0 aliphatic carbocycles. The van der Waals surface area contributed by atoms with Gasteiger partial charge in [0.05, 0.1) is 31.3 Å². The van der Waals surface area contributed by atoms with Crippen LogP contribution in [0.1, 0.15) is 18.1 Å². The Bertz CT molecular complexity index is 824. The first-order valence-electron chi connectivity index (χ1n) is 9.83. The Balaban J connectivity index is 1.86. The van der Waals surface area contributed by atoms with Crippen molar-refractivity contribution in [2.45, 2.75) is 26.2 Å². The predicted octanol–water partition coefficient (Wildman–Crippen LogP) is 2.43. The summed E-state index contributed by atoms with van der Waals surface area (Å²) in [5.74, 6) is -0.141. The Kier molecular flexibility index (Phi) is 10.3. The summed E-state index contributed by atoms with van der Waals surface area (Å²) in [5.41, 5.74) is 3.03. The van der Waals surface area contributed by atoms with Crippen molar-refractivity contribution in [3.8, 4) is 0 Å². The molecule has 0 saturated heterocycles. The highest BCUT2D eigenvalue weighted by Gasteiger charge is 2.09. The van der Waals surface area contributed by atoms with E-state index in [0.717, 1.165) is 16.8 Å². The van der Waals surface area contributed by atoms with Gasteiger partial charge in [0.15, 0.2) is 0 Å². The first-order chi connectivity index (χ1) is 14.6. The molecule has 2 rings (SSSR count). The lowest BCUT2D eigenvalue weighted by Crippen LogP contribution is -2.30. The molecular weight excluding hydrogens is 380 g/mol. The fourth-order valence-electron chi connectivity index (χ4n) is 2.77. The van der Waals surface area contributed by atoms with E-state index in [1.54, 1.807) is 25.8 Å². The van der Waals surface area contributed by atoms with E-state index in [0.29, 0.717) is 19.7 Å². The molecule has 1 atom stereocenters. The first kappa shape index (κ1) is 23.3. The van der Waals surface area contributed by atoms with Gasteiger partial charge < -0.3 is 25.4 Å². The number of rotatable bonds is 12. The van der Waals surface area contributed by atoms with Gasteiger partial charge in [-0.25, -0.2) is 0 Å². The van der Waals surface area contributed by atoms with Gasteiger partial charge in [-0.3, -0.25) is 9.79 Å². The summed E-state index contributed by atoms with van der Waals surface area (Å²) in [7, 11) is 1.69. The number of amides is 1. The Morgan fingerprint density at radius 1 is 1.20 bits per heavy atom. The minimum absolute atomic E-state index is 0.141. The summed E-state index contributed by atoms with van der Waals surface area (Å²) in [6.07, 6.45) is 4.37. The molecule has 0 fully saturated rings. The number of nitrogens with one attached hydrogen (secondary N) is 2. The van der Waals surface area contributed by atoms with E-state index in [1.807, 2.05) is 59.5 Å². The van der Waals surface area contributed by atoms with Crippen molar-refractivity contribution < 1.29 is 14.6 Å². The van der Waals surface area contributed by atoms with Crippen molar-refractivity contribution in [3.63, 3.8) is 0 Å². The van der Waals surface area contributed by atoms with E-state index in [4.69, 9.17) is 4.74 Å². The number of carbonyl (C=O) groups excluding carboxylic acids is 1. The molecule has 7 nitrogen and oxygen atoms in total. The smallest absolute Gasteiger partial charge is 0.220 e. The molecule has 160 valence electrons. The van der Waals surface area contributed by atoms with E-state index < -0.39 is 6.10 Å². The number of carbonyl (C=O) groups is 1. The van der Waals surface area contributed by atoms with Gasteiger partial charge in [-0.05, 0) is 17.2 Å². The van der Waals surface area contributed by atoms with Crippen molar-refractivity contribution in [2.75, 3.05) is 25.1 Å². The minimum atomic E-state index is -0.603. The molecule has 2 aromatic rings. The molecule has 2 aromatic carbocycles. The van der Waals surface area contributed by atoms with Crippen molar-refractivity contribution in [1.29, 1.82) is 0 Å². The molecule has 3 N–H and O–H groups in total. The van der Waals surface area contributed by atoms with Crippen LogP contribution in [0.15, 0.2) is 72.0 Å². The Hall–Kier alpha value is -3.00. The molecular formula is C23H30N4O3. The molecule has 0 aliphatic rings. The van der Waals surface area contributed by atoms with E-state index in [-0.39, 0.29) is 12.5 Å². The molecule has 0 saturated carbocycles. The van der Waals surface area contributed by atoms with Crippen molar-refractivity contribution >= 4 is 17.9 Å². The largest absolute Gasteiger partial charge is 0.389 e. The third-order valence-electron chi connectivity index (χ3n) is 4.15. The van der Waals surface area contributed by atoms with Crippen LogP contribution in [0, 0.1) is 0 Å². The minimum Gasteiger partial charge on any atom is -0.389 e. The standard InChI is InChI=1S/C23H30N4O3/c1-19(28)26-12-13-27(18-24-2)23-11-7-6-10-21(23)14-25-15-22(29)17-30-16-20-8-4-3-5-9-20/h3-13,18,22,25,29H,14-17H2,1-2H3,(H,26,28)/b13-12+,24-18?. The molecule has 30 heavy (non-hydrogen) atoms. The van der Waals surface area contributed by atoms with Gasteiger partial charge in [-0.15, -0.1) is 0 Å². The lowest BCUT2D eigenvalue weighted by Gasteiger charge is -2.20. The van der Waals surface area contributed by atoms with Crippen LogP contribution in [0.3, 0.4) is 0 Å². The van der Waals surface area contributed by atoms with E-state index >= 15 is 0 Å². The quantitative estimate of drug-likeness (QED) is 0.370. The van der Waals surface area contributed by atoms with Crippen LogP contribution in [0.4, 0.5) is 5.69 Å². The van der Waals surface area contributed by atoms with E-state index in [1.165, 1.54) is 6.92 Å². The highest BCUT2D eigenvalue weighted by molar-refractivity contribution is 5.83. The average Bonchev–Trinajstić information content (AvgIpc) is 2.74. The number of aliphatic imine (C=N–C) groups is 1. The third-order valence-corrected chi connectivity index (χ3v) is 4.15. The molecule has 1 amide bonds. The van der Waals surface area contributed by atoms with Crippen molar-refractivity contribution in [3.05, 3.63) is 78.1 Å². The van der Waals surface area contributed by atoms with Crippen LogP contribution in [0.2, 0.25) is 0 Å². The molecule has 0 spiro atoms. The molecule has 0 aliphatic heterocycles. The maximum Gasteiger partial charge on any atom is 0.220 e. The summed E-state index contributed by atoms with van der Waals surface area (Å²) in [6.45, 7) is 3.17. The van der Waals surface area contributed by atoms with Gasteiger partial charge in [0.25, 0.3) is 0 Å². The summed E-state index contributed by atoms with van der Waals surface area (Å²) in [5, 5.41) is 16.1. The Labute approximate surface area is 178 Å². The maximum absolute atomic E-state index is 11.1. The van der Waals surface area contributed by atoms with Gasteiger partial charge in [0.1, 0.15) is 0 Å². The fraction of sp³-hybridized carbons (Fsp3) is 0.304. The number of aliphatic hydroxyl groups excluding tert-OH is 1. The topological polar surface area (TPSA) is 86.2 Å². The second-order valence-electron chi connectivity index (χ2n) is 6.71. The maximum atomic E-state index is 11.1. The average molecular weight is 411 g/mol. The van der Waals surface area contributed by atoms with Gasteiger partial charge in [-0.1, -0.05) is 48.5 Å². The zero-order chi connectivity index (χ0) is 21.6. The third kappa shape index (κ3) is 8.57. The number of benzene rings is 2.